The summed E-state index contributed by atoms with van der Waals surface area (Å²) in [4.78, 5) is 0. The lowest BCUT2D eigenvalue weighted by atomic mass is 10.2. The Balaban J connectivity index is 3.41. The van der Waals surface area contributed by atoms with E-state index in [1.54, 1.807) is 0 Å². The lowest BCUT2D eigenvalue weighted by Gasteiger charge is -2.18. The molecule has 0 aromatic carbocycles. The highest BCUT2D eigenvalue weighted by Gasteiger charge is 2.06. The maximum atomic E-state index is 8.77. The van der Waals surface area contributed by atoms with E-state index in [1.165, 1.54) is 0 Å². The molecule has 0 bridgehead atoms. The van der Waals surface area contributed by atoms with Crippen molar-refractivity contribution in [2.75, 3.05) is 13.2 Å². The lowest BCUT2D eigenvalue weighted by Crippen LogP contribution is -2.42. The van der Waals surface area contributed by atoms with Crippen LogP contribution < -0.4 is 11.1 Å². The fourth-order valence-corrected chi connectivity index (χ4v) is 0.770. The van der Waals surface area contributed by atoms with Crippen molar-refractivity contribution in [2.45, 2.75) is 32.4 Å². The van der Waals surface area contributed by atoms with Crippen molar-refractivity contribution in [1.82, 2.24) is 5.32 Å². The number of nitrogens with two attached hydrogens (primary N) is 1. The standard InChI is InChI=1S/C7H18N2O/c1-3-7(5-10)9-6(2)4-8/h6-7,9-10H,3-5,8H2,1-2H3. The van der Waals surface area contributed by atoms with E-state index >= 15 is 0 Å². The van der Waals surface area contributed by atoms with Crippen molar-refractivity contribution in [3.05, 3.63) is 0 Å². The summed E-state index contributed by atoms with van der Waals surface area (Å²) in [5, 5.41) is 12.0. The number of rotatable bonds is 5. The molecule has 0 aliphatic carbocycles. The van der Waals surface area contributed by atoms with Crippen molar-refractivity contribution in [3.63, 3.8) is 0 Å². The second-order valence-electron chi connectivity index (χ2n) is 2.59. The van der Waals surface area contributed by atoms with Gasteiger partial charge >= 0.3 is 0 Å². The van der Waals surface area contributed by atoms with Gasteiger partial charge in [0.05, 0.1) is 6.61 Å². The van der Waals surface area contributed by atoms with Gasteiger partial charge in [-0.25, -0.2) is 0 Å². The molecule has 0 aromatic rings. The maximum absolute atomic E-state index is 8.77. The summed E-state index contributed by atoms with van der Waals surface area (Å²) < 4.78 is 0. The summed E-state index contributed by atoms with van der Waals surface area (Å²) in [5.74, 6) is 0. The Hall–Kier alpha value is -0.120. The van der Waals surface area contributed by atoms with Crippen LogP contribution in [0.3, 0.4) is 0 Å². The molecule has 0 rings (SSSR count). The Morgan fingerprint density at radius 1 is 1.60 bits per heavy atom. The highest BCUT2D eigenvalue weighted by molar-refractivity contribution is 4.69. The molecule has 0 amide bonds. The number of hydrogen-bond donors (Lipinski definition) is 3. The van der Waals surface area contributed by atoms with Gasteiger partial charge in [-0.3, -0.25) is 0 Å². The molecule has 2 atom stereocenters. The van der Waals surface area contributed by atoms with Gasteiger partial charge < -0.3 is 16.2 Å². The number of hydrogen-bond acceptors (Lipinski definition) is 3. The van der Waals surface area contributed by atoms with Crippen LogP contribution >= 0.6 is 0 Å². The molecule has 0 heterocycles. The highest BCUT2D eigenvalue weighted by Crippen LogP contribution is 1.90. The van der Waals surface area contributed by atoms with Crippen LogP contribution in [0.2, 0.25) is 0 Å². The Morgan fingerprint density at radius 2 is 2.20 bits per heavy atom. The van der Waals surface area contributed by atoms with Crippen molar-refractivity contribution in [3.8, 4) is 0 Å². The van der Waals surface area contributed by atoms with E-state index < -0.39 is 0 Å². The van der Waals surface area contributed by atoms with E-state index in [4.69, 9.17) is 10.8 Å². The van der Waals surface area contributed by atoms with Gasteiger partial charge in [0.25, 0.3) is 0 Å². The zero-order chi connectivity index (χ0) is 7.98. The van der Waals surface area contributed by atoms with Crippen LogP contribution in [0.4, 0.5) is 0 Å². The fourth-order valence-electron chi connectivity index (χ4n) is 0.770. The molecular weight excluding hydrogens is 128 g/mol. The molecule has 3 heteroatoms. The van der Waals surface area contributed by atoms with Gasteiger partial charge in [0.2, 0.25) is 0 Å². The number of aliphatic hydroxyl groups excluding tert-OH is 1. The first-order valence-corrected chi connectivity index (χ1v) is 3.81. The van der Waals surface area contributed by atoms with Crippen LogP contribution in [-0.4, -0.2) is 30.3 Å². The summed E-state index contributed by atoms with van der Waals surface area (Å²) in [6, 6.07) is 0.510. The second-order valence-corrected chi connectivity index (χ2v) is 2.59. The van der Waals surface area contributed by atoms with Crippen molar-refractivity contribution in [1.29, 1.82) is 0 Å². The Kier molecular flexibility index (Phi) is 5.58. The first kappa shape index (κ1) is 9.88. The van der Waals surface area contributed by atoms with Crippen LogP contribution in [0.5, 0.6) is 0 Å². The molecule has 0 saturated heterocycles. The van der Waals surface area contributed by atoms with E-state index in [0.29, 0.717) is 12.6 Å². The molecule has 0 fully saturated rings. The predicted octanol–water partition coefficient (Wildman–Crippen LogP) is -0.306. The third kappa shape index (κ3) is 3.82. The van der Waals surface area contributed by atoms with Gasteiger partial charge in [-0.2, -0.15) is 0 Å². The molecule has 0 aliphatic rings. The largest absolute Gasteiger partial charge is 0.395 e. The summed E-state index contributed by atoms with van der Waals surface area (Å²) in [6.45, 7) is 4.87. The van der Waals surface area contributed by atoms with E-state index in [9.17, 15) is 0 Å². The molecule has 0 saturated carbocycles. The van der Waals surface area contributed by atoms with Crippen LogP contribution in [-0.2, 0) is 0 Å². The van der Waals surface area contributed by atoms with Gasteiger partial charge in [0.1, 0.15) is 0 Å². The third-order valence-corrected chi connectivity index (χ3v) is 1.59. The monoisotopic (exact) mass is 146 g/mol. The molecule has 3 nitrogen and oxygen atoms in total. The summed E-state index contributed by atoms with van der Waals surface area (Å²) >= 11 is 0. The highest BCUT2D eigenvalue weighted by atomic mass is 16.3. The molecule has 0 aromatic heterocycles. The fraction of sp³-hybridized carbons (Fsp3) is 1.00. The normalized spacial score (nSPS) is 16.8. The SMILES string of the molecule is CCC(CO)NC(C)CN. The first-order valence-electron chi connectivity index (χ1n) is 3.81. The molecule has 10 heavy (non-hydrogen) atoms. The van der Waals surface area contributed by atoms with E-state index in [0.717, 1.165) is 6.42 Å². The maximum Gasteiger partial charge on any atom is 0.0584 e. The minimum absolute atomic E-state index is 0.195. The quantitative estimate of drug-likeness (QED) is 0.499. The van der Waals surface area contributed by atoms with Crippen LogP contribution in [0.1, 0.15) is 20.3 Å². The Bertz CT molecular complexity index is 74.0. The predicted molar refractivity (Wildman–Crippen MR) is 42.8 cm³/mol. The molecule has 62 valence electrons. The second kappa shape index (κ2) is 5.65. The average Bonchev–Trinajstić information content (AvgIpc) is 1.99. The Labute approximate surface area is 62.6 Å². The smallest absolute Gasteiger partial charge is 0.0584 e. The molecule has 0 radical (unpaired) electrons. The summed E-state index contributed by atoms with van der Waals surface area (Å²) in [5.41, 5.74) is 5.39. The van der Waals surface area contributed by atoms with E-state index in [1.807, 2.05) is 13.8 Å². The van der Waals surface area contributed by atoms with E-state index in [2.05, 4.69) is 5.32 Å². The van der Waals surface area contributed by atoms with Crippen LogP contribution in [0.15, 0.2) is 0 Å². The number of nitrogens with one attached hydrogen (secondary N) is 1. The minimum Gasteiger partial charge on any atom is -0.395 e. The van der Waals surface area contributed by atoms with Crippen molar-refractivity contribution >= 4 is 0 Å². The molecule has 2 unspecified atom stereocenters. The van der Waals surface area contributed by atoms with Crippen LogP contribution in [0.25, 0.3) is 0 Å². The summed E-state index contributed by atoms with van der Waals surface area (Å²) in [6.07, 6.45) is 0.945. The lowest BCUT2D eigenvalue weighted by molar-refractivity contribution is 0.230. The van der Waals surface area contributed by atoms with Gasteiger partial charge in [0, 0.05) is 18.6 Å². The zero-order valence-corrected chi connectivity index (χ0v) is 6.80. The average molecular weight is 146 g/mol. The van der Waals surface area contributed by atoms with Gasteiger partial charge in [-0.15, -0.1) is 0 Å². The van der Waals surface area contributed by atoms with Crippen molar-refractivity contribution in [2.24, 2.45) is 5.73 Å². The molecule has 4 N–H and O–H groups in total. The summed E-state index contributed by atoms with van der Waals surface area (Å²) in [7, 11) is 0. The molecular formula is C7H18N2O. The minimum atomic E-state index is 0.195. The Morgan fingerprint density at radius 3 is 2.50 bits per heavy atom. The third-order valence-electron chi connectivity index (χ3n) is 1.59. The van der Waals surface area contributed by atoms with Crippen molar-refractivity contribution < 1.29 is 5.11 Å². The topological polar surface area (TPSA) is 58.3 Å². The molecule has 0 spiro atoms. The van der Waals surface area contributed by atoms with E-state index in [-0.39, 0.29) is 12.6 Å². The van der Waals surface area contributed by atoms with Crippen LogP contribution in [0, 0.1) is 0 Å². The zero-order valence-electron chi connectivity index (χ0n) is 6.80. The van der Waals surface area contributed by atoms with Gasteiger partial charge in [-0.05, 0) is 13.3 Å². The molecule has 0 aliphatic heterocycles. The van der Waals surface area contributed by atoms with Gasteiger partial charge in [-0.1, -0.05) is 6.92 Å². The van der Waals surface area contributed by atoms with Gasteiger partial charge in [0.15, 0.2) is 0 Å². The first-order chi connectivity index (χ1) is 4.74. The number of aliphatic hydroxyl groups is 1.